The van der Waals surface area contributed by atoms with Gasteiger partial charge >= 0.3 is 5.97 Å². The van der Waals surface area contributed by atoms with Gasteiger partial charge in [-0.1, -0.05) is 0 Å². The Labute approximate surface area is 145 Å². The van der Waals surface area contributed by atoms with Gasteiger partial charge in [0.2, 0.25) is 0 Å². The summed E-state index contributed by atoms with van der Waals surface area (Å²) in [7, 11) is 0. The van der Waals surface area contributed by atoms with Crippen LogP contribution in [-0.4, -0.2) is 62.0 Å². The Hall–Kier alpha value is -1.70. The van der Waals surface area contributed by atoms with E-state index in [1.54, 1.807) is 19.1 Å². The van der Waals surface area contributed by atoms with Crippen LogP contribution in [0.3, 0.4) is 0 Å². The van der Waals surface area contributed by atoms with E-state index in [0.717, 1.165) is 45.1 Å². The summed E-state index contributed by atoms with van der Waals surface area (Å²) in [6.45, 7) is 7.42. The fraction of sp³-hybridized carbons (Fsp3) is 0.500. The van der Waals surface area contributed by atoms with E-state index in [2.05, 4.69) is 15.5 Å². The third kappa shape index (κ3) is 6.13. The van der Waals surface area contributed by atoms with Gasteiger partial charge in [0.25, 0.3) is 0 Å². The fourth-order valence-corrected chi connectivity index (χ4v) is 2.45. The zero-order valence-corrected chi connectivity index (χ0v) is 14.2. The molecule has 1 fully saturated rings. The number of anilines is 1. The number of ether oxygens (including phenoxy) is 2. The van der Waals surface area contributed by atoms with Gasteiger partial charge in [-0.15, -0.1) is 0 Å². The maximum Gasteiger partial charge on any atom is 0.338 e. The molecule has 0 aliphatic carbocycles. The zero-order valence-electron chi connectivity index (χ0n) is 13.3. The van der Waals surface area contributed by atoms with Crippen LogP contribution >= 0.6 is 12.2 Å². The summed E-state index contributed by atoms with van der Waals surface area (Å²) >= 11 is 5.27. The standard InChI is InChI=1S/C16H23N3O3S.2H2/c1-2-22-15(20)13-3-5-14(6-4-13)18-16(23)17-7-8-19-9-11-21-12-10-19;;/h3-6H,2,7-12H2,1H3,(H2,17,18,23);2*1H. The molecular weight excluding hydrogens is 314 g/mol. The maximum absolute atomic E-state index is 11.6. The first-order valence-corrected chi connectivity index (χ1v) is 8.22. The molecule has 0 radical (unpaired) electrons. The maximum atomic E-state index is 11.6. The third-order valence-electron chi connectivity index (χ3n) is 3.47. The molecule has 1 heterocycles. The Morgan fingerprint density at radius 2 is 2.04 bits per heavy atom. The molecule has 1 aromatic carbocycles. The van der Waals surface area contributed by atoms with Crippen LogP contribution in [0, 0.1) is 0 Å². The molecule has 1 saturated heterocycles. The number of morpholine rings is 1. The van der Waals surface area contributed by atoms with Gasteiger partial charge in [-0.2, -0.15) is 0 Å². The molecule has 0 atom stereocenters. The van der Waals surface area contributed by atoms with E-state index in [1.165, 1.54) is 0 Å². The van der Waals surface area contributed by atoms with E-state index < -0.39 is 0 Å². The van der Waals surface area contributed by atoms with Crippen LogP contribution in [0.4, 0.5) is 5.69 Å². The summed E-state index contributed by atoms with van der Waals surface area (Å²) in [4.78, 5) is 13.9. The van der Waals surface area contributed by atoms with Gasteiger partial charge in [-0.05, 0) is 43.4 Å². The van der Waals surface area contributed by atoms with Crippen LogP contribution in [0.5, 0.6) is 0 Å². The summed E-state index contributed by atoms with van der Waals surface area (Å²) in [5.74, 6) is -0.315. The quantitative estimate of drug-likeness (QED) is 0.606. The SMILES string of the molecule is CCOC(=O)c1ccc(NC(=S)NCCN2CCOCC2)cc1.[HH].[HH]. The minimum absolute atomic E-state index is 0. The minimum atomic E-state index is -0.315. The number of esters is 1. The molecule has 0 unspecified atom stereocenters. The second-order valence-corrected chi connectivity index (χ2v) is 5.54. The Kier molecular flexibility index (Phi) is 7.25. The molecule has 23 heavy (non-hydrogen) atoms. The number of hydrogen-bond acceptors (Lipinski definition) is 5. The number of benzene rings is 1. The topological polar surface area (TPSA) is 62.8 Å². The van der Waals surface area contributed by atoms with Gasteiger partial charge < -0.3 is 20.1 Å². The second kappa shape index (κ2) is 9.44. The first-order chi connectivity index (χ1) is 11.2. The summed E-state index contributed by atoms with van der Waals surface area (Å²) in [6.07, 6.45) is 0. The van der Waals surface area contributed by atoms with Crippen molar-refractivity contribution in [2.45, 2.75) is 6.92 Å². The van der Waals surface area contributed by atoms with E-state index in [1.807, 2.05) is 12.1 Å². The van der Waals surface area contributed by atoms with Crippen molar-refractivity contribution in [3.8, 4) is 0 Å². The van der Waals surface area contributed by atoms with Gasteiger partial charge in [0, 0.05) is 34.7 Å². The van der Waals surface area contributed by atoms with E-state index in [-0.39, 0.29) is 8.82 Å². The lowest BCUT2D eigenvalue weighted by Gasteiger charge is -2.26. The van der Waals surface area contributed by atoms with Crippen molar-refractivity contribution in [3.05, 3.63) is 29.8 Å². The van der Waals surface area contributed by atoms with Crippen LogP contribution in [0.25, 0.3) is 0 Å². The summed E-state index contributed by atoms with van der Waals surface area (Å²) in [5.41, 5.74) is 1.37. The number of thiocarbonyl (C=S) groups is 1. The average molecular weight is 341 g/mol. The predicted molar refractivity (Wildman–Crippen MR) is 98.1 cm³/mol. The number of nitrogens with zero attached hydrogens (tertiary/aromatic N) is 1. The molecule has 2 N–H and O–H groups in total. The molecule has 7 heteroatoms. The van der Waals surface area contributed by atoms with Crippen molar-refractivity contribution >= 4 is 29.0 Å². The number of nitrogens with one attached hydrogen (secondary N) is 2. The molecule has 0 bridgehead atoms. The molecule has 0 saturated carbocycles. The monoisotopic (exact) mass is 341 g/mol. The largest absolute Gasteiger partial charge is 0.462 e. The van der Waals surface area contributed by atoms with Crippen molar-refractivity contribution in [3.63, 3.8) is 0 Å². The Bertz CT molecular complexity index is 526. The Morgan fingerprint density at radius 3 is 2.70 bits per heavy atom. The lowest BCUT2D eigenvalue weighted by Crippen LogP contribution is -2.42. The first-order valence-electron chi connectivity index (χ1n) is 7.81. The highest BCUT2D eigenvalue weighted by atomic mass is 32.1. The second-order valence-electron chi connectivity index (χ2n) is 5.13. The van der Waals surface area contributed by atoms with Crippen LogP contribution in [0.2, 0.25) is 0 Å². The van der Waals surface area contributed by atoms with Gasteiger partial charge in [0.05, 0.1) is 25.4 Å². The summed E-state index contributed by atoms with van der Waals surface area (Å²) < 4.78 is 10.3. The van der Waals surface area contributed by atoms with Crippen molar-refractivity contribution in [1.29, 1.82) is 0 Å². The zero-order chi connectivity index (χ0) is 16.5. The highest BCUT2D eigenvalue weighted by Gasteiger charge is 2.09. The third-order valence-corrected chi connectivity index (χ3v) is 3.72. The van der Waals surface area contributed by atoms with Gasteiger partial charge in [-0.25, -0.2) is 4.79 Å². The molecule has 0 spiro atoms. The number of hydrogen-bond donors (Lipinski definition) is 2. The lowest BCUT2D eigenvalue weighted by atomic mass is 10.2. The van der Waals surface area contributed by atoms with Crippen molar-refractivity contribution in [2.75, 3.05) is 51.3 Å². The molecule has 0 amide bonds. The Balaban J connectivity index is 0.00000288. The van der Waals surface area contributed by atoms with Gasteiger partial charge in [-0.3, -0.25) is 4.90 Å². The first kappa shape index (κ1) is 17.7. The Morgan fingerprint density at radius 1 is 1.35 bits per heavy atom. The van der Waals surface area contributed by atoms with Crippen LogP contribution in [-0.2, 0) is 9.47 Å². The lowest BCUT2D eigenvalue weighted by molar-refractivity contribution is 0.0389. The van der Waals surface area contributed by atoms with Gasteiger partial charge in [0.15, 0.2) is 5.11 Å². The molecule has 0 aromatic heterocycles. The van der Waals surface area contributed by atoms with Crippen LogP contribution in [0.15, 0.2) is 24.3 Å². The summed E-state index contributed by atoms with van der Waals surface area (Å²) in [5, 5.41) is 6.86. The number of carbonyl (C=O) groups is 1. The van der Waals surface area contributed by atoms with Crippen LogP contribution in [0.1, 0.15) is 20.1 Å². The van der Waals surface area contributed by atoms with Crippen molar-refractivity contribution < 1.29 is 17.1 Å². The molecule has 130 valence electrons. The molecule has 1 aliphatic rings. The molecule has 6 nitrogen and oxygen atoms in total. The van der Waals surface area contributed by atoms with E-state index in [4.69, 9.17) is 21.7 Å². The number of carbonyl (C=O) groups excluding carboxylic acids is 1. The van der Waals surface area contributed by atoms with Crippen molar-refractivity contribution in [1.82, 2.24) is 10.2 Å². The smallest absolute Gasteiger partial charge is 0.338 e. The molecule has 1 aliphatic heterocycles. The van der Waals surface area contributed by atoms with E-state index >= 15 is 0 Å². The average Bonchev–Trinajstić information content (AvgIpc) is 2.57. The summed E-state index contributed by atoms with van der Waals surface area (Å²) in [6, 6.07) is 7.05. The van der Waals surface area contributed by atoms with Gasteiger partial charge in [0.1, 0.15) is 0 Å². The van der Waals surface area contributed by atoms with Crippen LogP contribution < -0.4 is 10.6 Å². The van der Waals surface area contributed by atoms with E-state index in [0.29, 0.717) is 17.3 Å². The van der Waals surface area contributed by atoms with E-state index in [9.17, 15) is 4.79 Å². The number of rotatable bonds is 6. The highest BCUT2D eigenvalue weighted by molar-refractivity contribution is 7.80. The predicted octanol–water partition coefficient (Wildman–Crippen LogP) is 1.97. The highest BCUT2D eigenvalue weighted by Crippen LogP contribution is 2.10. The molecule has 2 rings (SSSR count). The van der Waals surface area contributed by atoms with Crippen molar-refractivity contribution in [2.24, 2.45) is 0 Å². The molecular formula is C16H27N3O3S. The normalized spacial score (nSPS) is 15.0. The minimum Gasteiger partial charge on any atom is -0.462 e. The molecule has 1 aromatic rings. The fourth-order valence-electron chi connectivity index (χ4n) is 2.23.